The molecule has 128 valence electrons. The lowest BCUT2D eigenvalue weighted by Crippen LogP contribution is -2.14. The van der Waals surface area contributed by atoms with Crippen LogP contribution in [0.2, 0.25) is 0 Å². The van der Waals surface area contributed by atoms with Crippen LogP contribution in [0.25, 0.3) is 0 Å². The molecule has 0 unspecified atom stereocenters. The van der Waals surface area contributed by atoms with Gasteiger partial charge in [-0.3, -0.25) is 9.59 Å². The summed E-state index contributed by atoms with van der Waals surface area (Å²) in [5.41, 5.74) is 1.31. The number of amides is 2. The number of anilines is 2. The minimum Gasteiger partial charge on any atom is -0.360 e. The molecule has 0 saturated carbocycles. The Morgan fingerprint density at radius 2 is 2.00 bits per heavy atom. The smallest absolute Gasteiger partial charge is 0.276 e. The third-order valence-electron chi connectivity index (χ3n) is 3.34. The van der Waals surface area contributed by atoms with Gasteiger partial charge in [-0.2, -0.15) is 0 Å². The van der Waals surface area contributed by atoms with Crippen molar-refractivity contribution in [3.63, 3.8) is 0 Å². The quantitative estimate of drug-likeness (QED) is 0.706. The lowest BCUT2D eigenvalue weighted by molar-refractivity contribution is -0.116. The van der Waals surface area contributed by atoms with Gasteiger partial charge in [-0.05, 0) is 18.9 Å². The predicted octanol–water partition coefficient (Wildman–Crippen LogP) is 3.26. The van der Waals surface area contributed by atoms with Crippen LogP contribution in [0.15, 0.2) is 46.3 Å². The molecule has 0 atom stereocenters. The highest BCUT2D eigenvalue weighted by Gasteiger charge is 2.14. The number of carbonyl (C=O) groups excluding carboxylic acids is 2. The summed E-state index contributed by atoms with van der Waals surface area (Å²) in [4.78, 5) is 28.2. The van der Waals surface area contributed by atoms with Crippen molar-refractivity contribution in [1.29, 1.82) is 0 Å². The van der Waals surface area contributed by atoms with Gasteiger partial charge in [0.1, 0.15) is 11.5 Å². The maximum atomic E-state index is 12.1. The number of benzene rings is 1. The van der Waals surface area contributed by atoms with E-state index in [9.17, 15) is 9.59 Å². The average Bonchev–Trinajstić information content (AvgIpc) is 3.23. The fourth-order valence-electron chi connectivity index (χ4n) is 2.13. The Kier molecular flexibility index (Phi) is 5.20. The van der Waals surface area contributed by atoms with E-state index in [0.717, 1.165) is 5.56 Å². The molecular formula is C17H16N4O3S. The van der Waals surface area contributed by atoms with Gasteiger partial charge in [0.2, 0.25) is 5.91 Å². The van der Waals surface area contributed by atoms with E-state index < -0.39 is 5.91 Å². The van der Waals surface area contributed by atoms with Crippen LogP contribution in [0.5, 0.6) is 0 Å². The summed E-state index contributed by atoms with van der Waals surface area (Å²) >= 11 is 1.20. The topological polar surface area (TPSA) is 97.1 Å². The largest absolute Gasteiger partial charge is 0.360 e. The molecule has 0 bridgehead atoms. The first-order valence-electron chi connectivity index (χ1n) is 7.64. The molecule has 3 aromatic rings. The molecule has 25 heavy (non-hydrogen) atoms. The number of aryl methyl sites for hydroxylation is 2. The molecular weight excluding hydrogens is 340 g/mol. The van der Waals surface area contributed by atoms with Gasteiger partial charge in [0.15, 0.2) is 10.9 Å². The van der Waals surface area contributed by atoms with Crippen LogP contribution < -0.4 is 10.6 Å². The molecule has 0 aliphatic carbocycles. The van der Waals surface area contributed by atoms with Gasteiger partial charge in [-0.1, -0.05) is 35.5 Å². The first-order chi connectivity index (χ1) is 12.1. The summed E-state index contributed by atoms with van der Waals surface area (Å²) < 4.78 is 4.88. The van der Waals surface area contributed by atoms with Crippen LogP contribution in [-0.2, 0) is 11.2 Å². The molecule has 3 rings (SSSR count). The number of nitrogens with one attached hydrogen (secondary N) is 2. The molecule has 2 N–H and O–H groups in total. The van der Waals surface area contributed by atoms with Crippen LogP contribution >= 0.6 is 11.3 Å². The van der Waals surface area contributed by atoms with Crippen molar-refractivity contribution in [3.8, 4) is 0 Å². The SMILES string of the molecule is Cc1cc(NC(=O)c2csc(NC(=O)CCc3ccccc3)n2)no1. The van der Waals surface area contributed by atoms with Gasteiger partial charge in [-0.15, -0.1) is 11.3 Å². The van der Waals surface area contributed by atoms with Gasteiger partial charge in [0.05, 0.1) is 0 Å². The van der Waals surface area contributed by atoms with E-state index in [1.807, 2.05) is 30.3 Å². The van der Waals surface area contributed by atoms with Crippen molar-refractivity contribution in [3.05, 3.63) is 58.8 Å². The Labute approximate surface area is 148 Å². The van der Waals surface area contributed by atoms with Gasteiger partial charge >= 0.3 is 0 Å². The first-order valence-corrected chi connectivity index (χ1v) is 8.52. The second-order valence-electron chi connectivity index (χ2n) is 5.35. The maximum Gasteiger partial charge on any atom is 0.276 e. The molecule has 2 heterocycles. The van der Waals surface area contributed by atoms with Gasteiger partial charge < -0.3 is 15.2 Å². The average molecular weight is 356 g/mol. The number of hydrogen-bond acceptors (Lipinski definition) is 6. The Morgan fingerprint density at radius 1 is 1.20 bits per heavy atom. The molecule has 2 amide bonds. The number of aromatic nitrogens is 2. The van der Waals surface area contributed by atoms with Crippen molar-refractivity contribution >= 4 is 34.1 Å². The van der Waals surface area contributed by atoms with E-state index in [2.05, 4.69) is 20.8 Å². The summed E-state index contributed by atoms with van der Waals surface area (Å²) in [7, 11) is 0. The Hall–Kier alpha value is -3.00. The number of thiazole rings is 1. The van der Waals surface area contributed by atoms with Crippen LogP contribution in [0, 0.1) is 6.92 Å². The van der Waals surface area contributed by atoms with Gasteiger partial charge in [-0.25, -0.2) is 4.98 Å². The fraction of sp³-hybridized carbons (Fsp3) is 0.176. The predicted molar refractivity (Wildman–Crippen MR) is 94.7 cm³/mol. The molecule has 0 saturated heterocycles. The van der Waals surface area contributed by atoms with E-state index in [4.69, 9.17) is 4.52 Å². The van der Waals surface area contributed by atoms with Crippen LogP contribution in [0.4, 0.5) is 10.9 Å². The Balaban J connectivity index is 1.52. The highest BCUT2D eigenvalue weighted by atomic mass is 32.1. The van der Waals surface area contributed by atoms with E-state index >= 15 is 0 Å². The summed E-state index contributed by atoms with van der Waals surface area (Å²) in [5, 5.41) is 10.9. The lowest BCUT2D eigenvalue weighted by atomic mass is 10.1. The summed E-state index contributed by atoms with van der Waals surface area (Å²) in [6, 6.07) is 11.4. The molecule has 0 aliphatic rings. The van der Waals surface area contributed by atoms with Crippen LogP contribution in [0.3, 0.4) is 0 Å². The zero-order valence-electron chi connectivity index (χ0n) is 13.5. The first kappa shape index (κ1) is 16.8. The molecule has 0 aliphatic heterocycles. The van der Waals surface area contributed by atoms with Crippen molar-refractivity contribution < 1.29 is 14.1 Å². The summed E-state index contributed by atoms with van der Waals surface area (Å²) in [5.74, 6) is 0.371. The molecule has 0 fully saturated rings. The van der Waals surface area contributed by atoms with Crippen LogP contribution in [0.1, 0.15) is 28.2 Å². The number of carbonyl (C=O) groups is 2. The third-order valence-corrected chi connectivity index (χ3v) is 4.09. The molecule has 2 aromatic heterocycles. The number of hydrogen-bond donors (Lipinski definition) is 2. The Bertz CT molecular complexity index is 873. The molecule has 7 nitrogen and oxygen atoms in total. The molecule has 0 spiro atoms. The third kappa shape index (κ3) is 4.74. The zero-order valence-corrected chi connectivity index (χ0v) is 14.3. The fourth-order valence-corrected chi connectivity index (χ4v) is 2.83. The number of nitrogens with zero attached hydrogens (tertiary/aromatic N) is 2. The van der Waals surface area contributed by atoms with Crippen molar-refractivity contribution in [2.24, 2.45) is 0 Å². The maximum absolute atomic E-state index is 12.1. The summed E-state index contributed by atoms with van der Waals surface area (Å²) in [6.07, 6.45) is 1.00. The molecule has 8 heteroatoms. The van der Waals surface area contributed by atoms with E-state index in [-0.39, 0.29) is 11.6 Å². The highest BCUT2D eigenvalue weighted by molar-refractivity contribution is 7.14. The lowest BCUT2D eigenvalue weighted by Gasteiger charge is -2.02. The van der Waals surface area contributed by atoms with Crippen molar-refractivity contribution in [2.45, 2.75) is 19.8 Å². The highest BCUT2D eigenvalue weighted by Crippen LogP contribution is 2.17. The van der Waals surface area contributed by atoms with E-state index in [0.29, 0.717) is 29.6 Å². The second kappa shape index (κ2) is 7.71. The minimum absolute atomic E-state index is 0.141. The number of rotatable bonds is 6. The minimum atomic E-state index is -0.408. The standard InChI is InChI=1S/C17H16N4O3S/c1-11-9-14(21-24-11)19-16(23)13-10-25-17(18-13)20-15(22)8-7-12-5-3-2-4-6-12/h2-6,9-10H,7-8H2,1H3,(H,18,20,22)(H,19,21,23). The van der Waals surface area contributed by atoms with Crippen molar-refractivity contribution in [1.82, 2.24) is 10.1 Å². The molecule has 1 aromatic carbocycles. The van der Waals surface area contributed by atoms with E-state index in [1.165, 1.54) is 11.3 Å². The summed E-state index contributed by atoms with van der Waals surface area (Å²) in [6.45, 7) is 1.73. The zero-order chi connectivity index (χ0) is 17.6. The normalized spacial score (nSPS) is 10.4. The van der Waals surface area contributed by atoms with Crippen molar-refractivity contribution in [2.75, 3.05) is 10.6 Å². The van der Waals surface area contributed by atoms with Crippen LogP contribution in [-0.4, -0.2) is 22.0 Å². The Morgan fingerprint density at radius 3 is 2.72 bits per heavy atom. The van der Waals surface area contributed by atoms with Gasteiger partial charge in [0.25, 0.3) is 5.91 Å². The van der Waals surface area contributed by atoms with E-state index in [1.54, 1.807) is 18.4 Å². The monoisotopic (exact) mass is 356 g/mol. The second-order valence-corrected chi connectivity index (χ2v) is 6.21. The molecule has 0 radical (unpaired) electrons. The van der Waals surface area contributed by atoms with Gasteiger partial charge in [0, 0.05) is 17.9 Å².